The smallest absolute Gasteiger partial charge is 0.156 e. The van der Waals surface area contributed by atoms with Crippen molar-refractivity contribution >= 4 is 16.9 Å². The van der Waals surface area contributed by atoms with E-state index in [9.17, 15) is 0 Å². The van der Waals surface area contributed by atoms with Crippen molar-refractivity contribution in [1.29, 1.82) is 0 Å². The first kappa shape index (κ1) is 13.2. The highest BCUT2D eigenvalue weighted by Gasteiger charge is 2.31. The topological polar surface area (TPSA) is 33.6 Å². The van der Waals surface area contributed by atoms with Crippen LogP contribution in [0.2, 0.25) is 0 Å². The van der Waals surface area contributed by atoms with Crippen LogP contribution in [0.4, 0.5) is 0 Å². The van der Waals surface area contributed by atoms with Gasteiger partial charge in [-0.25, -0.2) is 0 Å². The van der Waals surface area contributed by atoms with Crippen LogP contribution in [0.15, 0.2) is 4.99 Å². The van der Waals surface area contributed by atoms with Gasteiger partial charge in [0, 0.05) is 32.1 Å². The zero-order chi connectivity index (χ0) is 11.9. The van der Waals surface area contributed by atoms with Gasteiger partial charge in [-0.2, -0.15) is 0 Å². The summed E-state index contributed by atoms with van der Waals surface area (Å²) in [4.78, 5) is 4.67. The number of hydrogen-bond donors (Lipinski definition) is 1. The lowest BCUT2D eigenvalue weighted by Gasteiger charge is -2.28. The minimum absolute atomic E-state index is 0.725. The van der Waals surface area contributed by atoms with Crippen LogP contribution in [0, 0.1) is 5.92 Å². The number of unbranched alkanes of at least 4 members (excludes halogenated alkanes) is 2. The van der Waals surface area contributed by atoms with Gasteiger partial charge < -0.3 is 10.1 Å². The molecule has 1 saturated carbocycles. The van der Waals surface area contributed by atoms with Gasteiger partial charge in [0.2, 0.25) is 0 Å². The van der Waals surface area contributed by atoms with Gasteiger partial charge in [0.15, 0.2) is 5.17 Å². The first-order valence-corrected chi connectivity index (χ1v) is 7.81. The Morgan fingerprint density at radius 2 is 2.29 bits per heavy atom. The lowest BCUT2D eigenvalue weighted by Crippen LogP contribution is -2.41. The van der Waals surface area contributed by atoms with Gasteiger partial charge >= 0.3 is 0 Å². The van der Waals surface area contributed by atoms with Gasteiger partial charge in [0.05, 0.1) is 0 Å². The van der Waals surface area contributed by atoms with Gasteiger partial charge in [-0.3, -0.25) is 4.99 Å². The number of rotatable bonds is 6. The molecule has 0 aromatic carbocycles. The molecular weight excluding hydrogens is 232 g/mol. The molecule has 1 N–H and O–H groups in total. The van der Waals surface area contributed by atoms with Gasteiger partial charge in [0.25, 0.3) is 0 Å². The van der Waals surface area contributed by atoms with Gasteiger partial charge in [0.1, 0.15) is 0 Å². The molecule has 0 radical (unpaired) electrons. The summed E-state index contributed by atoms with van der Waals surface area (Å²) in [6.45, 7) is 1.85. The van der Waals surface area contributed by atoms with Crippen LogP contribution >= 0.6 is 11.8 Å². The molecule has 0 amide bonds. The van der Waals surface area contributed by atoms with Crippen molar-refractivity contribution in [3.63, 3.8) is 0 Å². The number of aliphatic imine (C=N–C) groups is 1. The number of thioether (sulfide) groups is 1. The monoisotopic (exact) mass is 256 g/mol. The van der Waals surface area contributed by atoms with E-state index in [1.54, 1.807) is 7.11 Å². The van der Waals surface area contributed by atoms with Crippen LogP contribution < -0.4 is 5.32 Å². The lowest BCUT2D eigenvalue weighted by molar-refractivity contribution is 0.192. The van der Waals surface area contributed by atoms with Crippen molar-refractivity contribution < 1.29 is 4.74 Å². The van der Waals surface area contributed by atoms with E-state index in [0.717, 1.165) is 31.5 Å². The summed E-state index contributed by atoms with van der Waals surface area (Å²) in [7, 11) is 1.76. The molecule has 0 bridgehead atoms. The molecule has 2 atom stereocenters. The summed E-state index contributed by atoms with van der Waals surface area (Å²) in [5.74, 6) is 2.18. The van der Waals surface area contributed by atoms with Crippen LogP contribution in [0.25, 0.3) is 0 Å². The maximum atomic E-state index is 5.03. The Balaban J connectivity index is 1.61. The lowest BCUT2D eigenvalue weighted by atomic mass is 10.1. The van der Waals surface area contributed by atoms with Crippen LogP contribution in [0.5, 0.6) is 0 Å². The summed E-state index contributed by atoms with van der Waals surface area (Å²) in [5, 5.41) is 4.80. The van der Waals surface area contributed by atoms with Crippen LogP contribution in [-0.4, -0.2) is 37.2 Å². The number of hydrogen-bond acceptors (Lipinski definition) is 3. The number of amidine groups is 1. The number of ether oxygens (including phenoxy) is 1. The highest BCUT2D eigenvalue weighted by atomic mass is 32.2. The van der Waals surface area contributed by atoms with Crippen molar-refractivity contribution in [2.75, 3.05) is 26.0 Å². The molecule has 2 rings (SSSR count). The zero-order valence-corrected chi connectivity index (χ0v) is 11.6. The third-order valence-corrected chi connectivity index (χ3v) is 4.78. The van der Waals surface area contributed by atoms with E-state index in [4.69, 9.17) is 4.74 Å². The van der Waals surface area contributed by atoms with Crippen LogP contribution in [0.3, 0.4) is 0 Å². The fraction of sp³-hybridized carbons (Fsp3) is 0.923. The molecule has 0 aromatic rings. The second-order valence-electron chi connectivity index (χ2n) is 4.99. The molecule has 4 heteroatoms. The molecule has 0 aromatic heterocycles. The molecule has 2 fully saturated rings. The fourth-order valence-electron chi connectivity index (χ4n) is 2.62. The Morgan fingerprint density at radius 1 is 1.35 bits per heavy atom. The molecule has 1 aliphatic heterocycles. The van der Waals surface area contributed by atoms with Crippen molar-refractivity contribution in [2.24, 2.45) is 10.9 Å². The van der Waals surface area contributed by atoms with Crippen LogP contribution in [-0.2, 0) is 4.74 Å². The Hall–Kier alpha value is -0.220. The third-order valence-electron chi connectivity index (χ3n) is 3.66. The quantitative estimate of drug-likeness (QED) is 0.742. The molecule has 2 unspecified atom stereocenters. The van der Waals surface area contributed by atoms with Gasteiger partial charge in [-0.15, -0.1) is 0 Å². The minimum Gasteiger partial charge on any atom is -0.385 e. The predicted octanol–water partition coefficient (Wildman–Crippen LogP) is 2.66. The van der Waals surface area contributed by atoms with Crippen molar-refractivity contribution in [3.8, 4) is 0 Å². The minimum atomic E-state index is 0.725. The Kier molecular flexibility index (Phi) is 5.65. The van der Waals surface area contributed by atoms with E-state index in [-0.39, 0.29) is 0 Å². The maximum Gasteiger partial charge on any atom is 0.156 e. The molecule has 98 valence electrons. The SMILES string of the molecule is COCCCCCN=C1NC2CCCC2CS1. The summed E-state index contributed by atoms with van der Waals surface area (Å²) < 4.78 is 5.03. The largest absolute Gasteiger partial charge is 0.385 e. The second kappa shape index (κ2) is 7.27. The Morgan fingerprint density at radius 3 is 3.18 bits per heavy atom. The van der Waals surface area contributed by atoms with E-state index in [0.29, 0.717) is 0 Å². The molecule has 2 aliphatic rings. The van der Waals surface area contributed by atoms with E-state index in [1.165, 1.54) is 43.0 Å². The number of nitrogens with one attached hydrogen (secondary N) is 1. The average molecular weight is 256 g/mol. The van der Waals surface area contributed by atoms with E-state index < -0.39 is 0 Å². The normalized spacial score (nSPS) is 30.3. The number of nitrogens with zero attached hydrogens (tertiary/aromatic N) is 1. The Bertz CT molecular complexity index is 258. The molecule has 3 nitrogen and oxygen atoms in total. The molecular formula is C13H24N2OS. The van der Waals surface area contributed by atoms with E-state index >= 15 is 0 Å². The fourth-order valence-corrected chi connectivity index (χ4v) is 3.81. The maximum absolute atomic E-state index is 5.03. The molecule has 1 saturated heterocycles. The summed E-state index contributed by atoms with van der Waals surface area (Å²) >= 11 is 1.92. The second-order valence-corrected chi connectivity index (χ2v) is 6.00. The first-order valence-electron chi connectivity index (χ1n) is 6.83. The van der Waals surface area contributed by atoms with Crippen LogP contribution in [0.1, 0.15) is 38.5 Å². The molecule has 0 spiro atoms. The zero-order valence-electron chi connectivity index (χ0n) is 10.8. The van der Waals surface area contributed by atoms with Gasteiger partial charge in [-0.05, 0) is 38.0 Å². The summed E-state index contributed by atoms with van der Waals surface area (Å²) in [5.41, 5.74) is 0. The highest BCUT2D eigenvalue weighted by Crippen LogP contribution is 2.32. The highest BCUT2D eigenvalue weighted by molar-refractivity contribution is 8.13. The van der Waals surface area contributed by atoms with Crippen molar-refractivity contribution in [3.05, 3.63) is 0 Å². The molecule has 1 aliphatic carbocycles. The summed E-state index contributed by atoms with van der Waals surface area (Å²) in [6.07, 6.45) is 7.72. The van der Waals surface area contributed by atoms with Crippen molar-refractivity contribution in [2.45, 2.75) is 44.6 Å². The Labute approximate surface area is 109 Å². The molecule has 17 heavy (non-hydrogen) atoms. The molecule has 1 heterocycles. The van der Waals surface area contributed by atoms with E-state index in [2.05, 4.69) is 10.3 Å². The van der Waals surface area contributed by atoms with Gasteiger partial charge in [-0.1, -0.05) is 18.2 Å². The number of fused-ring (bicyclic) bond motifs is 1. The predicted molar refractivity (Wildman–Crippen MR) is 74.8 cm³/mol. The van der Waals surface area contributed by atoms with E-state index in [1.807, 2.05) is 11.8 Å². The average Bonchev–Trinajstić information content (AvgIpc) is 2.81. The van der Waals surface area contributed by atoms with Crippen molar-refractivity contribution in [1.82, 2.24) is 5.32 Å². The summed E-state index contributed by atoms with van der Waals surface area (Å²) in [6, 6.07) is 0.725. The first-order chi connectivity index (χ1) is 8.40. The standard InChI is InChI=1S/C13H24N2OS/c1-16-9-4-2-3-8-14-13-15-12-7-5-6-11(12)10-17-13/h11-12H,2-10H2,1H3,(H,14,15). The number of methoxy groups -OCH3 is 1. The third kappa shape index (κ3) is 4.18.